The van der Waals surface area contributed by atoms with Crippen molar-refractivity contribution in [2.45, 2.75) is 25.8 Å². The summed E-state index contributed by atoms with van der Waals surface area (Å²) in [4.78, 5) is 16.8. The molecule has 3 aromatic rings. The number of benzene rings is 1. The second kappa shape index (κ2) is 6.12. The van der Waals surface area contributed by atoms with Crippen molar-refractivity contribution in [1.82, 2.24) is 19.3 Å². The van der Waals surface area contributed by atoms with E-state index in [1.165, 1.54) is 6.07 Å². The number of hydrogen-bond acceptors (Lipinski definition) is 3. The van der Waals surface area contributed by atoms with Crippen molar-refractivity contribution in [1.29, 1.82) is 0 Å². The molecule has 2 aromatic heterocycles. The molecule has 146 valence electrons. The maximum Gasteiger partial charge on any atom is 0.227 e. The molecule has 28 heavy (non-hydrogen) atoms. The fraction of sp³-hybridized carbons (Fsp3) is 0.450. The lowest BCUT2D eigenvalue weighted by Gasteiger charge is -2.19. The molecule has 0 radical (unpaired) electrons. The van der Waals surface area contributed by atoms with E-state index in [0.717, 1.165) is 18.9 Å². The van der Waals surface area contributed by atoms with E-state index in [1.807, 2.05) is 18.5 Å². The number of nitrogens with one attached hydrogen (secondary N) is 1. The molecule has 0 bridgehead atoms. The molecule has 1 N–H and O–H groups in total. The van der Waals surface area contributed by atoms with Crippen LogP contribution in [0.4, 0.5) is 14.5 Å². The summed E-state index contributed by atoms with van der Waals surface area (Å²) in [6.07, 6.45) is 6.96. The van der Waals surface area contributed by atoms with Crippen molar-refractivity contribution in [2.75, 3.05) is 5.32 Å². The zero-order valence-electron chi connectivity index (χ0n) is 15.6. The normalized spacial score (nSPS) is 27.0. The van der Waals surface area contributed by atoms with Gasteiger partial charge in [-0.15, -0.1) is 0 Å². The minimum Gasteiger partial charge on any atom is -0.327 e. The SMILES string of the molecule is CC(C(=O)Nc1cnn(C)c1)[C@H]1[C@@H]2C[C@@H](n3cnc4cc(F)c(F)cc43)C[C@@H]21. The molecule has 2 fully saturated rings. The highest BCUT2D eigenvalue weighted by atomic mass is 19.2. The molecule has 2 saturated carbocycles. The van der Waals surface area contributed by atoms with Crippen molar-refractivity contribution in [3.63, 3.8) is 0 Å². The first-order valence-electron chi connectivity index (χ1n) is 9.53. The maximum absolute atomic E-state index is 13.6. The Kier molecular flexibility index (Phi) is 3.79. The largest absolute Gasteiger partial charge is 0.327 e. The molecule has 1 unspecified atom stereocenters. The monoisotopic (exact) mass is 385 g/mol. The van der Waals surface area contributed by atoms with Crippen LogP contribution in [0.5, 0.6) is 0 Å². The number of halogens is 2. The summed E-state index contributed by atoms with van der Waals surface area (Å²) < 4.78 is 30.7. The smallest absolute Gasteiger partial charge is 0.227 e. The quantitative estimate of drug-likeness (QED) is 0.747. The standard InChI is InChI=1S/C20H21F2N5O/c1-10(20(28)25-11-7-24-26(2)8-11)19-13-3-12(4-14(13)19)27-9-23-17-5-15(21)16(22)6-18(17)27/h5-10,12-14,19H,3-4H2,1-2H3,(H,25,28)/t10?,12-,13-,14+,19+. The number of carbonyl (C=O) groups excluding carboxylic acids is 1. The predicted octanol–water partition coefficient (Wildman–Crippen LogP) is 3.52. The number of imidazole rings is 1. The van der Waals surface area contributed by atoms with Crippen molar-refractivity contribution < 1.29 is 13.6 Å². The number of aromatic nitrogens is 4. The number of nitrogens with zero attached hydrogens (tertiary/aromatic N) is 4. The van der Waals surface area contributed by atoms with E-state index in [2.05, 4.69) is 15.4 Å². The lowest BCUT2D eigenvalue weighted by Crippen LogP contribution is -2.24. The molecular weight excluding hydrogens is 364 g/mol. The number of rotatable bonds is 4. The van der Waals surface area contributed by atoms with Crippen LogP contribution >= 0.6 is 0 Å². The molecule has 6 nitrogen and oxygen atoms in total. The number of amides is 1. The average molecular weight is 385 g/mol. The molecule has 2 aliphatic rings. The van der Waals surface area contributed by atoms with Crippen LogP contribution in [0.2, 0.25) is 0 Å². The Morgan fingerprint density at radius 1 is 1.25 bits per heavy atom. The summed E-state index contributed by atoms with van der Waals surface area (Å²) in [5.74, 6) is -0.421. The Labute approximate surface area is 160 Å². The first-order chi connectivity index (χ1) is 13.4. The van der Waals surface area contributed by atoms with Crippen LogP contribution in [-0.2, 0) is 11.8 Å². The molecule has 2 aliphatic carbocycles. The van der Waals surface area contributed by atoms with Gasteiger partial charge in [0.2, 0.25) is 5.91 Å². The lowest BCUT2D eigenvalue weighted by molar-refractivity contribution is -0.120. The third-order valence-corrected chi connectivity index (χ3v) is 6.46. The van der Waals surface area contributed by atoms with Gasteiger partial charge in [-0.25, -0.2) is 13.8 Å². The Hall–Kier alpha value is -2.77. The van der Waals surface area contributed by atoms with Gasteiger partial charge in [0.15, 0.2) is 11.6 Å². The van der Waals surface area contributed by atoms with Crippen LogP contribution in [0.1, 0.15) is 25.8 Å². The van der Waals surface area contributed by atoms with Gasteiger partial charge >= 0.3 is 0 Å². The zero-order valence-corrected chi connectivity index (χ0v) is 15.6. The van der Waals surface area contributed by atoms with Crippen LogP contribution in [0.25, 0.3) is 11.0 Å². The molecule has 8 heteroatoms. The van der Waals surface area contributed by atoms with Crippen LogP contribution in [0, 0.1) is 35.3 Å². The molecule has 5 atom stereocenters. The Balaban J connectivity index is 1.26. The van der Waals surface area contributed by atoms with Gasteiger partial charge in [0.1, 0.15) is 0 Å². The summed E-state index contributed by atoms with van der Waals surface area (Å²) in [5, 5.41) is 7.00. The van der Waals surface area contributed by atoms with E-state index in [1.54, 1.807) is 23.4 Å². The van der Waals surface area contributed by atoms with Gasteiger partial charge in [0.05, 0.1) is 29.2 Å². The summed E-state index contributed by atoms with van der Waals surface area (Å²) in [7, 11) is 1.81. The number of carbonyl (C=O) groups is 1. The minimum absolute atomic E-state index is 0.0228. The summed E-state index contributed by atoms with van der Waals surface area (Å²) in [5.41, 5.74) is 1.81. The highest BCUT2D eigenvalue weighted by Crippen LogP contribution is 2.64. The topological polar surface area (TPSA) is 64.7 Å². The Morgan fingerprint density at radius 3 is 2.64 bits per heavy atom. The molecule has 0 spiro atoms. The third-order valence-electron chi connectivity index (χ3n) is 6.46. The van der Waals surface area contributed by atoms with Crippen LogP contribution in [-0.4, -0.2) is 25.2 Å². The van der Waals surface area contributed by atoms with Crippen LogP contribution in [0.15, 0.2) is 30.9 Å². The predicted molar refractivity (Wildman–Crippen MR) is 99.4 cm³/mol. The molecular formula is C20H21F2N5O. The van der Waals surface area contributed by atoms with Crippen LogP contribution in [0.3, 0.4) is 0 Å². The fourth-order valence-corrected chi connectivity index (χ4v) is 5.06. The van der Waals surface area contributed by atoms with Gasteiger partial charge in [-0.2, -0.15) is 5.10 Å². The van der Waals surface area contributed by atoms with Gasteiger partial charge in [-0.3, -0.25) is 9.48 Å². The number of fused-ring (bicyclic) bond motifs is 2. The molecule has 1 aromatic carbocycles. The molecule has 2 heterocycles. The van der Waals surface area contributed by atoms with Crippen molar-refractivity contribution in [3.8, 4) is 0 Å². The highest BCUT2D eigenvalue weighted by molar-refractivity contribution is 5.92. The molecule has 0 saturated heterocycles. The van der Waals surface area contributed by atoms with Crippen molar-refractivity contribution >= 4 is 22.6 Å². The van der Waals surface area contributed by atoms with E-state index in [-0.39, 0.29) is 17.9 Å². The number of anilines is 1. The zero-order chi connectivity index (χ0) is 19.6. The van der Waals surface area contributed by atoms with Gasteiger partial charge in [-0.05, 0) is 30.6 Å². The Morgan fingerprint density at radius 2 is 1.96 bits per heavy atom. The minimum atomic E-state index is -0.875. The van der Waals surface area contributed by atoms with E-state index in [4.69, 9.17) is 0 Å². The van der Waals surface area contributed by atoms with Gasteiger partial charge < -0.3 is 9.88 Å². The second-order valence-electron chi connectivity index (χ2n) is 8.12. The fourth-order valence-electron chi connectivity index (χ4n) is 5.06. The first-order valence-corrected chi connectivity index (χ1v) is 9.53. The lowest BCUT2D eigenvalue weighted by atomic mass is 9.96. The number of hydrogen-bond donors (Lipinski definition) is 1. The number of aryl methyl sites for hydroxylation is 1. The van der Waals surface area contributed by atoms with Crippen molar-refractivity contribution in [3.05, 3.63) is 42.5 Å². The Bertz CT molecular complexity index is 1060. The summed E-state index contributed by atoms with van der Waals surface area (Å²) >= 11 is 0. The van der Waals surface area contributed by atoms with E-state index in [9.17, 15) is 13.6 Å². The van der Waals surface area contributed by atoms with E-state index >= 15 is 0 Å². The second-order valence-corrected chi connectivity index (χ2v) is 8.12. The molecule has 0 aliphatic heterocycles. The molecule has 1 amide bonds. The van der Waals surface area contributed by atoms with Crippen LogP contribution < -0.4 is 5.32 Å². The highest BCUT2D eigenvalue weighted by Gasteiger charge is 2.59. The average Bonchev–Trinajstić information content (AvgIpc) is 3.05. The van der Waals surface area contributed by atoms with Gasteiger partial charge in [0, 0.05) is 37.3 Å². The van der Waals surface area contributed by atoms with Gasteiger partial charge in [-0.1, -0.05) is 6.92 Å². The van der Waals surface area contributed by atoms with Crippen molar-refractivity contribution in [2.24, 2.45) is 30.7 Å². The maximum atomic E-state index is 13.6. The summed E-state index contributed by atoms with van der Waals surface area (Å²) in [6.45, 7) is 1.98. The van der Waals surface area contributed by atoms with E-state index in [0.29, 0.717) is 34.5 Å². The van der Waals surface area contributed by atoms with Gasteiger partial charge in [0.25, 0.3) is 0 Å². The summed E-state index contributed by atoms with van der Waals surface area (Å²) in [6, 6.07) is 2.59. The molecule has 5 rings (SSSR count). The third kappa shape index (κ3) is 2.70. The first kappa shape index (κ1) is 17.3. The van der Waals surface area contributed by atoms with E-state index < -0.39 is 11.6 Å².